The number of benzene rings is 2. The third-order valence-corrected chi connectivity index (χ3v) is 6.64. The minimum atomic E-state index is -0.00988. The number of hydrogen-bond donors (Lipinski definition) is 2. The van der Waals surface area contributed by atoms with Gasteiger partial charge in [0.05, 0.1) is 11.5 Å². The Hall–Kier alpha value is -3.85. The first-order chi connectivity index (χ1) is 17.4. The van der Waals surface area contributed by atoms with E-state index in [0.717, 1.165) is 51.6 Å². The smallest absolute Gasteiger partial charge is 0.257 e. The van der Waals surface area contributed by atoms with E-state index >= 15 is 0 Å². The quantitative estimate of drug-likeness (QED) is 0.434. The van der Waals surface area contributed by atoms with Gasteiger partial charge in [-0.05, 0) is 41.3 Å². The zero-order valence-electron chi connectivity index (χ0n) is 21.1. The van der Waals surface area contributed by atoms with Crippen LogP contribution in [-0.4, -0.2) is 55.4 Å². The number of nitrogens with one attached hydrogen (secondary N) is 2. The van der Waals surface area contributed by atoms with Crippen molar-refractivity contribution < 1.29 is 4.79 Å². The first-order valence-electron chi connectivity index (χ1n) is 12.0. The van der Waals surface area contributed by atoms with Crippen molar-refractivity contribution in [3.8, 4) is 22.5 Å². The Morgan fingerprint density at radius 1 is 1.11 bits per heavy atom. The number of rotatable bonds is 8. The highest BCUT2D eigenvalue weighted by atomic mass is 32.1. The molecule has 1 aliphatic rings. The van der Waals surface area contributed by atoms with E-state index < -0.39 is 0 Å². The largest absolute Gasteiger partial charge is 0.372 e. The molecule has 0 spiro atoms. The van der Waals surface area contributed by atoms with Gasteiger partial charge in [0, 0.05) is 37.3 Å². The summed E-state index contributed by atoms with van der Waals surface area (Å²) in [6, 6.07) is 16.2. The molecule has 1 aromatic heterocycles. The van der Waals surface area contributed by atoms with Gasteiger partial charge in [0.1, 0.15) is 5.82 Å². The van der Waals surface area contributed by atoms with Crippen molar-refractivity contribution in [2.45, 2.75) is 39.7 Å². The van der Waals surface area contributed by atoms with Gasteiger partial charge in [-0.1, -0.05) is 74.1 Å². The summed E-state index contributed by atoms with van der Waals surface area (Å²) < 4.78 is 0. The van der Waals surface area contributed by atoms with Crippen molar-refractivity contribution in [3.63, 3.8) is 0 Å². The summed E-state index contributed by atoms with van der Waals surface area (Å²) in [5, 5.41) is 17.9. The molecular weight excluding hydrogens is 470 g/mol. The molecule has 9 heteroatoms. The molecule has 36 heavy (non-hydrogen) atoms. The zero-order chi connectivity index (χ0) is 25.7. The van der Waals surface area contributed by atoms with Crippen LogP contribution in [0.2, 0.25) is 0 Å². The Kier molecular flexibility index (Phi) is 7.90. The number of allylic oxidation sites excluding steroid dienone is 2. The third kappa shape index (κ3) is 5.52. The summed E-state index contributed by atoms with van der Waals surface area (Å²) in [5.41, 5.74) is 5.55. The molecule has 0 bridgehead atoms. The van der Waals surface area contributed by atoms with E-state index in [1.54, 1.807) is 0 Å². The fraction of sp³-hybridized carbons (Fsp3) is 0.296. The predicted molar refractivity (Wildman–Crippen MR) is 145 cm³/mol. The third-order valence-electron chi connectivity index (χ3n) is 6.13. The Morgan fingerprint density at radius 3 is 2.47 bits per heavy atom. The average Bonchev–Trinajstić information content (AvgIpc) is 3.42. The molecule has 0 atom stereocenters. The number of amides is 1. The minimum Gasteiger partial charge on any atom is -0.372 e. The van der Waals surface area contributed by atoms with Crippen molar-refractivity contribution in [3.05, 3.63) is 77.3 Å². The molecular formula is C27H31N7OS. The topological polar surface area (TPSA) is 90.0 Å². The summed E-state index contributed by atoms with van der Waals surface area (Å²) in [7, 11) is 3.81. The molecule has 0 aliphatic carbocycles. The van der Waals surface area contributed by atoms with Crippen molar-refractivity contribution in [2.24, 2.45) is 0 Å². The Morgan fingerprint density at radius 2 is 1.83 bits per heavy atom. The van der Waals surface area contributed by atoms with Crippen LogP contribution in [-0.2, 0) is 11.3 Å². The minimum absolute atomic E-state index is 0.00988. The highest BCUT2D eigenvalue weighted by molar-refractivity contribution is 7.80. The highest BCUT2D eigenvalue weighted by Gasteiger charge is 2.29. The monoisotopic (exact) mass is 501 g/mol. The fourth-order valence-corrected chi connectivity index (χ4v) is 4.21. The maximum atomic E-state index is 13.6. The molecule has 2 heterocycles. The number of carbonyl (C=O) groups excluding carboxylic acids is 1. The maximum absolute atomic E-state index is 13.6. The molecule has 2 N–H and O–H groups in total. The van der Waals surface area contributed by atoms with E-state index in [2.05, 4.69) is 63.2 Å². The van der Waals surface area contributed by atoms with E-state index in [4.69, 9.17) is 12.2 Å². The summed E-state index contributed by atoms with van der Waals surface area (Å²) in [6.07, 6.45) is 4.42. The molecule has 0 saturated heterocycles. The number of thiocarbonyl (C=S) groups is 1. The molecule has 4 rings (SSSR count). The Bertz CT molecular complexity index is 1290. The van der Waals surface area contributed by atoms with E-state index in [0.29, 0.717) is 24.4 Å². The lowest BCUT2D eigenvalue weighted by molar-refractivity contribution is -0.126. The van der Waals surface area contributed by atoms with Gasteiger partial charge in [0.15, 0.2) is 0 Å². The van der Waals surface area contributed by atoms with Crippen LogP contribution in [0.3, 0.4) is 0 Å². The number of aromatic amines is 1. The number of unbranched alkanes of at least 4 members (excludes halogenated alkanes) is 1. The number of tetrazole rings is 1. The van der Waals surface area contributed by atoms with Gasteiger partial charge in [0.25, 0.3) is 5.91 Å². The van der Waals surface area contributed by atoms with Crippen LogP contribution < -0.4 is 5.32 Å². The molecule has 0 saturated carbocycles. The molecule has 8 nitrogen and oxygen atoms in total. The summed E-state index contributed by atoms with van der Waals surface area (Å²) in [6.45, 7) is 4.53. The summed E-state index contributed by atoms with van der Waals surface area (Å²) in [5.74, 6) is 1.37. The lowest BCUT2D eigenvalue weighted by Crippen LogP contribution is -2.43. The standard InChI is InChI=1S/C27H31N7OS/c1-5-6-11-24-28-18(2)23(16-25(36)33(3)4)27(35)34(24)17-19-12-14-20(15-13-19)21-9-7-8-10-22(21)26-29-31-32-30-26/h7-15,28H,5-6,16-17H2,1-4H3,(H,29,30,31,32)/b24-11+. The number of nitrogens with zero attached hydrogens (tertiary/aromatic N) is 5. The van der Waals surface area contributed by atoms with Crippen LogP contribution in [0.4, 0.5) is 0 Å². The van der Waals surface area contributed by atoms with Gasteiger partial charge < -0.3 is 10.2 Å². The Labute approximate surface area is 217 Å². The van der Waals surface area contributed by atoms with E-state index in [-0.39, 0.29) is 5.91 Å². The number of carbonyl (C=O) groups is 1. The van der Waals surface area contributed by atoms with Crippen LogP contribution in [0.15, 0.2) is 71.7 Å². The van der Waals surface area contributed by atoms with Crippen LogP contribution in [0, 0.1) is 0 Å². The first kappa shape index (κ1) is 25.2. The Balaban J connectivity index is 1.60. The number of H-pyrrole nitrogens is 1. The second-order valence-electron chi connectivity index (χ2n) is 8.94. The second kappa shape index (κ2) is 11.3. The van der Waals surface area contributed by atoms with Gasteiger partial charge in [-0.2, -0.15) is 5.21 Å². The van der Waals surface area contributed by atoms with Gasteiger partial charge in [-0.3, -0.25) is 9.69 Å². The van der Waals surface area contributed by atoms with Crippen molar-refractivity contribution in [1.82, 2.24) is 35.7 Å². The van der Waals surface area contributed by atoms with E-state index in [1.165, 1.54) is 0 Å². The maximum Gasteiger partial charge on any atom is 0.257 e. The zero-order valence-corrected chi connectivity index (χ0v) is 21.9. The first-order valence-corrected chi connectivity index (χ1v) is 12.4. The molecule has 1 amide bonds. The lowest BCUT2D eigenvalue weighted by Gasteiger charge is -2.34. The van der Waals surface area contributed by atoms with Crippen LogP contribution in [0.1, 0.15) is 38.7 Å². The summed E-state index contributed by atoms with van der Waals surface area (Å²) in [4.78, 5) is 18.0. The van der Waals surface area contributed by atoms with Gasteiger partial charge in [-0.25, -0.2) is 0 Å². The van der Waals surface area contributed by atoms with Crippen LogP contribution in [0.5, 0.6) is 0 Å². The van der Waals surface area contributed by atoms with E-state index in [9.17, 15) is 4.79 Å². The lowest BCUT2D eigenvalue weighted by atomic mass is 9.98. The van der Waals surface area contributed by atoms with Gasteiger partial charge in [0.2, 0.25) is 5.82 Å². The van der Waals surface area contributed by atoms with Gasteiger partial charge >= 0.3 is 0 Å². The molecule has 0 fully saturated rings. The molecule has 2 aromatic carbocycles. The van der Waals surface area contributed by atoms with E-state index in [1.807, 2.05) is 55.1 Å². The average molecular weight is 502 g/mol. The van der Waals surface area contributed by atoms with Gasteiger partial charge in [-0.15, -0.1) is 10.2 Å². The normalized spacial score (nSPS) is 14.8. The fourth-order valence-electron chi connectivity index (χ4n) is 4.06. The van der Waals surface area contributed by atoms with Crippen molar-refractivity contribution >= 4 is 23.1 Å². The molecule has 0 unspecified atom stereocenters. The molecule has 0 radical (unpaired) electrons. The predicted octanol–water partition coefficient (Wildman–Crippen LogP) is 4.66. The summed E-state index contributed by atoms with van der Waals surface area (Å²) >= 11 is 5.50. The number of hydrogen-bond acceptors (Lipinski definition) is 6. The van der Waals surface area contributed by atoms with Crippen LogP contribution >= 0.6 is 12.2 Å². The molecule has 186 valence electrons. The number of aromatic nitrogens is 4. The second-order valence-corrected chi connectivity index (χ2v) is 9.41. The van der Waals surface area contributed by atoms with Crippen molar-refractivity contribution in [2.75, 3.05) is 14.1 Å². The SMILES string of the molecule is CCC/C=C1\NC(C)=C(CC(=S)N(C)C)C(=O)N1Cc1ccc(-c2ccccc2-c2nn[nH]n2)cc1. The van der Waals surface area contributed by atoms with Crippen molar-refractivity contribution in [1.29, 1.82) is 0 Å². The molecule has 1 aliphatic heterocycles. The van der Waals surface area contributed by atoms with Crippen LogP contribution in [0.25, 0.3) is 22.5 Å². The molecule has 3 aromatic rings. The highest BCUT2D eigenvalue weighted by Crippen LogP contribution is 2.30.